The fourth-order valence-corrected chi connectivity index (χ4v) is 4.41. The number of carboxylic acids is 1. The molecule has 0 spiro atoms. The molecule has 9 heteroatoms. The zero-order valence-corrected chi connectivity index (χ0v) is 19.7. The summed E-state index contributed by atoms with van der Waals surface area (Å²) in [6.07, 6.45) is 1.48. The Morgan fingerprint density at radius 3 is 2.63 bits per heavy atom. The second-order valence-electron chi connectivity index (χ2n) is 7.96. The molecule has 1 unspecified atom stereocenters. The van der Waals surface area contributed by atoms with Crippen LogP contribution in [0.5, 0.6) is 0 Å². The van der Waals surface area contributed by atoms with Crippen LogP contribution in [0.4, 0.5) is 5.69 Å². The first kappa shape index (κ1) is 22.5. The van der Waals surface area contributed by atoms with E-state index in [1.807, 2.05) is 30.3 Å². The fourth-order valence-electron chi connectivity index (χ4n) is 4.03. The van der Waals surface area contributed by atoms with Gasteiger partial charge in [0.2, 0.25) is 0 Å². The molecule has 5 aromatic rings. The Balaban J connectivity index is 1.46. The number of rotatable bonds is 6. The molecule has 0 aliphatic heterocycles. The van der Waals surface area contributed by atoms with Crippen LogP contribution in [0.15, 0.2) is 92.8 Å². The van der Waals surface area contributed by atoms with Gasteiger partial charge < -0.3 is 19.4 Å². The third-order valence-corrected chi connectivity index (χ3v) is 6.15. The van der Waals surface area contributed by atoms with Gasteiger partial charge in [-0.15, -0.1) is 0 Å². The molecule has 174 valence electrons. The summed E-state index contributed by atoms with van der Waals surface area (Å²) in [6.45, 7) is 0. The van der Waals surface area contributed by atoms with Crippen molar-refractivity contribution in [2.75, 3.05) is 5.32 Å². The van der Waals surface area contributed by atoms with Gasteiger partial charge >= 0.3 is 11.6 Å². The van der Waals surface area contributed by atoms with Crippen molar-refractivity contribution < 1.29 is 19.1 Å². The van der Waals surface area contributed by atoms with E-state index < -0.39 is 23.5 Å². The van der Waals surface area contributed by atoms with Crippen LogP contribution in [0.1, 0.15) is 28.4 Å². The van der Waals surface area contributed by atoms with Gasteiger partial charge in [-0.25, -0.2) is 9.78 Å². The van der Waals surface area contributed by atoms with Gasteiger partial charge in [-0.1, -0.05) is 46.3 Å². The van der Waals surface area contributed by atoms with E-state index >= 15 is 0 Å². The minimum Gasteiger partial charge on any atom is -0.481 e. The van der Waals surface area contributed by atoms with Crippen molar-refractivity contribution in [1.29, 1.82) is 0 Å². The summed E-state index contributed by atoms with van der Waals surface area (Å²) in [5, 5.41) is 12.8. The smallest absolute Gasteiger partial charge is 0.349 e. The molecule has 0 aliphatic carbocycles. The number of amides is 1. The Kier molecular flexibility index (Phi) is 5.92. The molecule has 3 aromatic carbocycles. The van der Waals surface area contributed by atoms with E-state index in [9.17, 15) is 19.5 Å². The molecule has 1 atom stereocenters. The number of fused-ring (bicyclic) bond motifs is 2. The molecule has 0 saturated heterocycles. The summed E-state index contributed by atoms with van der Waals surface area (Å²) in [4.78, 5) is 41.2. The number of hydrogen-bond donors (Lipinski definition) is 2. The minimum atomic E-state index is -0.925. The molecule has 2 aromatic heterocycles. The van der Waals surface area contributed by atoms with Crippen LogP contribution >= 0.6 is 15.9 Å². The average molecular weight is 532 g/mol. The third-order valence-electron chi connectivity index (χ3n) is 5.66. The van der Waals surface area contributed by atoms with Crippen LogP contribution in [0.25, 0.3) is 22.0 Å². The number of imidazole rings is 1. The standard InChI is InChI=1S/C26H18BrN3O5/c27-17-6-9-23-16(10-17)11-19(26(34)35-23)25(33)29-18-7-8-21-20(12-18)28-14-30(21)22(13-24(31)32)15-4-2-1-3-5-15/h1-12,14,22H,13H2,(H,29,33)(H,31,32). The molecular formula is C26H18BrN3O5. The summed E-state index contributed by atoms with van der Waals surface area (Å²) in [5.41, 5.74) is 2.11. The van der Waals surface area contributed by atoms with Gasteiger partial charge in [0.25, 0.3) is 5.91 Å². The number of carbonyl (C=O) groups excluding carboxylic acids is 1. The molecule has 0 radical (unpaired) electrons. The van der Waals surface area contributed by atoms with Gasteiger partial charge in [-0.2, -0.15) is 0 Å². The van der Waals surface area contributed by atoms with Crippen molar-refractivity contribution in [3.05, 3.63) is 105 Å². The maximum Gasteiger partial charge on any atom is 0.349 e. The molecule has 0 fully saturated rings. The van der Waals surface area contributed by atoms with Crippen LogP contribution < -0.4 is 10.9 Å². The fraction of sp³-hybridized carbons (Fsp3) is 0.0769. The van der Waals surface area contributed by atoms with E-state index in [0.717, 1.165) is 10.0 Å². The number of carbonyl (C=O) groups is 2. The van der Waals surface area contributed by atoms with Crippen molar-refractivity contribution in [1.82, 2.24) is 9.55 Å². The number of aromatic nitrogens is 2. The van der Waals surface area contributed by atoms with Crippen molar-refractivity contribution in [3.63, 3.8) is 0 Å². The molecule has 8 nitrogen and oxygen atoms in total. The maximum atomic E-state index is 12.8. The van der Waals surface area contributed by atoms with E-state index in [1.54, 1.807) is 47.3 Å². The zero-order chi connectivity index (χ0) is 24.5. The first-order valence-electron chi connectivity index (χ1n) is 10.7. The molecule has 0 bridgehead atoms. The van der Waals surface area contributed by atoms with E-state index in [0.29, 0.717) is 27.7 Å². The molecule has 0 saturated carbocycles. The number of benzene rings is 3. The van der Waals surface area contributed by atoms with Crippen LogP contribution in [-0.2, 0) is 4.79 Å². The van der Waals surface area contributed by atoms with Crippen LogP contribution in [0.2, 0.25) is 0 Å². The Labute approximate surface area is 207 Å². The van der Waals surface area contributed by atoms with Crippen molar-refractivity contribution in [2.45, 2.75) is 12.5 Å². The van der Waals surface area contributed by atoms with Gasteiger partial charge in [0.05, 0.1) is 29.8 Å². The number of halogens is 1. The van der Waals surface area contributed by atoms with E-state index in [4.69, 9.17) is 4.42 Å². The average Bonchev–Trinajstić information content (AvgIpc) is 3.25. The predicted molar refractivity (Wildman–Crippen MR) is 135 cm³/mol. The van der Waals surface area contributed by atoms with E-state index in [1.165, 1.54) is 6.07 Å². The van der Waals surface area contributed by atoms with Crippen molar-refractivity contribution in [3.8, 4) is 0 Å². The van der Waals surface area contributed by atoms with Crippen molar-refractivity contribution >= 4 is 55.5 Å². The molecule has 35 heavy (non-hydrogen) atoms. The number of anilines is 1. The Morgan fingerprint density at radius 1 is 1.06 bits per heavy atom. The number of hydrogen-bond acceptors (Lipinski definition) is 5. The number of aliphatic carboxylic acids is 1. The second-order valence-corrected chi connectivity index (χ2v) is 8.88. The van der Waals surface area contributed by atoms with Gasteiger partial charge in [0.1, 0.15) is 11.1 Å². The van der Waals surface area contributed by atoms with Crippen LogP contribution in [0.3, 0.4) is 0 Å². The maximum absolute atomic E-state index is 12.8. The first-order chi connectivity index (χ1) is 16.9. The molecular weight excluding hydrogens is 514 g/mol. The summed E-state index contributed by atoms with van der Waals surface area (Å²) in [6, 6.07) is 20.7. The minimum absolute atomic E-state index is 0.109. The number of nitrogens with zero attached hydrogens (tertiary/aromatic N) is 2. The van der Waals surface area contributed by atoms with Crippen LogP contribution in [-0.4, -0.2) is 26.5 Å². The van der Waals surface area contributed by atoms with E-state index in [-0.39, 0.29) is 12.0 Å². The lowest BCUT2D eigenvalue weighted by Crippen LogP contribution is -2.20. The monoisotopic (exact) mass is 531 g/mol. The van der Waals surface area contributed by atoms with Crippen LogP contribution in [0, 0.1) is 0 Å². The van der Waals surface area contributed by atoms with E-state index in [2.05, 4.69) is 26.2 Å². The second kappa shape index (κ2) is 9.19. The van der Waals surface area contributed by atoms with Gasteiger partial charge in [0, 0.05) is 15.5 Å². The summed E-state index contributed by atoms with van der Waals surface area (Å²) in [7, 11) is 0. The molecule has 2 N–H and O–H groups in total. The Morgan fingerprint density at radius 2 is 1.86 bits per heavy atom. The van der Waals surface area contributed by atoms with Gasteiger partial charge in [0.15, 0.2) is 0 Å². The SMILES string of the molecule is O=C(O)CC(c1ccccc1)n1cnc2cc(NC(=O)c3cc4cc(Br)ccc4oc3=O)ccc21. The van der Waals surface area contributed by atoms with Gasteiger partial charge in [-0.3, -0.25) is 9.59 Å². The quantitative estimate of drug-likeness (QED) is 0.290. The molecule has 1 amide bonds. The highest BCUT2D eigenvalue weighted by Gasteiger charge is 2.20. The topological polar surface area (TPSA) is 114 Å². The number of carboxylic acid groups (broad SMARTS) is 1. The Hall–Kier alpha value is -4.24. The summed E-state index contributed by atoms with van der Waals surface area (Å²) in [5.74, 6) is -1.53. The molecule has 5 rings (SSSR count). The first-order valence-corrected chi connectivity index (χ1v) is 11.5. The number of nitrogens with one attached hydrogen (secondary N) is 1. The summed E-state index contributed by atoms with van der Waals surface area (Å²) >= 11 is 3.37. The molecule has 0 aliphatic rings. The molecule has 2 heterocycles. The largest absolute Gasteiger partial charge is 0.481 e. The lowest BCUT2D eigenvalue weighted by Gasteiger charge is -2.18. The highest BCUT2D eigenvalue weighted by Crippen LogP contribution is 2.28. The highest BCUT2D eigenvalue weighted by molar-refractivity contribution is 9.10. The third kappa shape index (κ3) is 4.58. The zero-order valence-electron chi connectivity index (χ0n) is 18.1. The lowest BCUT2D eigenvalue weighted by molar-refractivity contribution is -0.137. The highest BCUT2D eigenvalue weighted by atomic mass is 79.9. The van der Waals surface area contributed by atoms with Crippen molar-refractivity contribution in [2.24, 2.45) is 0 Å². The van der Waals surface area contributed by atoms with Gasteiger partial charge in [-0.05, 0) is 48.0 Å². The predicted octanol–water partition coefficient (Wildman–Crippen LogP) is 5.22. The Bertz CT molecular complexity index is 1640. The lowest BCUT2D eigenvalue weighted by atomic mass is 10.0. The normalized spacial score (nSPS) is 12.0. The summed E-state index contributed by atoms with van der Waals surface area (Å²) < 4.78 is 7.88.